The van der Waals surface area contributed by atoms with Gasteiger partial charge in [-0.2, -0.15) is 0 Å². The number of aryl methyl sites for hydroxylation is 1. The van der Waals surface area contributed by atoms with Crippen LogP contribution < -0.4 is 5.14 Å². The number of carbonyl (C=O) groups is 1. The molecule has 0 aliphatic carbocycles. The maximum absolute atomic E-state index is 13.2. The van der Waals surface area contributed by atoms with Gasteiger partial charge in [0.2, 0.25) is 10.0 Å². The lowest BCUT2D eigenvalue weighted by molar-refractivity contribution is 0.0759. The van der Waals surface area contributed by atoms with Crippen molar-refractivity contribution in [3.8, 4) is 0 Å². The van der Waals surface area contributed by atoms with Crippen LogP contribution >= 0.6 is 11.3 Å². The minimum absolute atomic E-state index is 0.0543. The zero-order valence-electron chi connectivity index (χ0n) is 10.2. The zero-order chi connectivity index (χ0) is 14.2. The highest BCUT2D eigenvalue weighted by Crippen LogP contribution is 2.27. The van der Waals surface area contributed by atoms with E-state index >= 15 is 0 Å². The van der Waals surface area contributed by atoms with E-state index in [9.17, 15) is 17.6 Å². The topological polar surface area (TPSA) is 80.5 Å². The van der Waals surface area contributed by atoms with E-state index in [-0.39, 0.29) is 22.5 Å². The molecule has 0 atom stereocenters. The summed E-state index contributed by atoms with van der Waals surface area (Å²) >= 11 is 0.823. The van der Waals surface area contributed by atoms with Gasteiger partial charge in [0, 0.05) is 6.54 Å². The molecule has 1 aromatic heterocycles. The number of carbonyl (C=O) groups excluding carboxylic acids is 1. The molecule has 1 aromatic rings. The van der Waals surface area contributed by atoms with Crippen molar-refractivity contribution in [2.75, 3.05) is 13.1 Å². The molecule has 0 spiro atoms. The monoisotopic (exact) mass is 304 g/mol. The maximum Gasteiger partial charge on any atom is 0.264 e. The number of hydrogen-bond acceptors (Lipinski definition) is 4. The van der Waals surface area contributed by atoms with Gasteiger partial charge in [-0.05, 0) is 31.1 Å². The van der Waals surface area contributed by atoms with Crippen molar-refractivity contribution >= 4 is 27.3 Å². The van der Waals surface area contributed by atoms with E-state index in [0.717, 1.165) is 11.3 Å². The van der Waals surface area contributed by atoms with Crippen LogP contribution in [0.2, 0.25) is 0 Å². The van der Waals surface area contributed by atoms with E-state index in [0.29, 0.717) is 23.4 Å². The van der Waals surface area contributed by atoms with Crippen LogP contribution in [0, 0.1) is 6.92 Å². The van der Waals surface area contributed by atoms with Crippen molar-refractivity contribution in [3.05, 3.63) is 28.4 Å². The van der Waals surface area contributed by atoms with E-state index in [2.05, 4.69) is 0 Å². The maximum atomic E-state index is 13.2. The second-order valence-electron chi connectivity index (χ2n) is 4.29. The Bertz CT molecular complexity index is 649. The van der Waals surface area contributed by atoms with Gasteiger partial charge < -0.3 is 4.90 Å². The Labute approximate surface area is 114 Å². The molecule has 0 saturated carbocycles. The minimum Gasteiger partial charge on any atom is -0.331 e. The Balaban J connectivity index is 2.30. The van der Waals surface area contributed by atoms with Crippen molar-refractivity contribution in [2.24, 2.45) is 5.14 Å². The van der Waals surface area contributed by atoms with Crippen LogP contribution in [-0.2, 0) is 10.0 Å². The molecular weight excluding hydrogens is 291 g/mol. The molecule has 0 radical (unpaired) electrons. The highest BCUT2D eigenvalue weighted by Gasteiger charge is 2.25. The summed E-state index contributed by atoms with van der Waals surface area (Å²) in [6.07, 6.45) is 1.91. The highest BCUT2D eigenvalue weighted by atomic mass is 32.2. The van der Waals surface area contributed by atoms with Crippen LogP contribution in [0.5, 0.6) is 0 Å². The third-order valence-electron chi connectivity index (χ3n) is 2.76. The van der Waals surface area contributed by atoms with Crippen molar-refractivity contribution in [2.45, 2.75) is 17.6 Å². The minimum atomic E-state index is -3.82. The molecule has 0 saturated heterocycles. The van der Waals surface area contributed by atoms with E-state index < -0.39 is 10.0 Å². The first-order valence-corrected chi connectivity index (χ1v) is 7.92. The van der Waals surface area contributed by atoms with Crippen LogP contribution in [0.15, 0.2) is 22.2 Å². The number of nitrogens with zero attached hydrogens (tertiary/aromatic N) is 1. The molecule has 0 aromatic carbocycles. The number of thiophene rings is 1. The number of nitrogens with two attached hydrogens (primary N) is 1. The number of sulfonamides is 1. The molecule has 0 unspecified atom stereocenters. The summed E-state index contributed by atoms with van der Waals surface area (Å²) < 4.78 is 35.6. The lowest BCUT2D eigenvalue weighted by Gasteiger charge is -2.24. The molecule has 104 valence electrons. The van der Waals surface area contributed by atoms with Gasteiger partial charge in [-0.1, -0.05) is 0 Å². The molecule has 2 rings (SSSR count). The normalized spacial score (nSPS) is 16.4. The standard InChI is InChI=1S/C11H13FN2O3S2/c1-7-5-9(19(13,16)17)18-10(7)11(15)14-4-2-3-8(12)6-14/h3,5H,2,4,6H2,1H3,(H2,13,16,17). The van der Waals surface area contributed by atoms with Crippen LogP contribution in [0.1, 0.15) is 21.7 Å². The fourth-order valence-electron chi connectivity index (χ4n) is 1.83. The quantitative estimate of drug-likeness (QED) is 0.897. The Morgan fingerprint density at radius 3 is 2.74 bits per heavy atom. The first kappa shape index (κ1) is 14.2. The Morgan fingerprint density at radius 2 is 2.21 bits per heavy atom. The van der Waals surface area contributed by atoms with Gasteiger partial charge in [-0.15, -0.1) is 11.3 Å². The van der Waals surface area contributed by atoms with Gasteiger partial charge in [0.1, 0.15) is 10.0 Å². The Hall–Kier alpha value is -1.25. The van der Waals surface area contributed by atoms with Crippen LogP contribution in [-0.4, -0.2) is 32.3 Å². The zero-order valence-corrected chi connectivity index (χ0v) is 11.9. The smallest absolute Gasteiger partial charge is 0.264 e. The van der Waals surface area contributed by atoms with Crippen molar-refractivity contribution in [3.63, 3.8) is 0 Å². The van der Waals surface area contributed by atoms with Crippen LogP contribution in [0.3, 0.4) is 0 Å². The van der Waals surface area contributed by atoms with Gasteiger partial charge in [-0.25, -0.2) is 17.9 Å². The second kappa shape index (κ2) is 5.03. The molecule has 1 aliphatic rings. The van der Waals surface area contributed by atoms with Crippen molar-refractivity contribution in [1.29, 1.82) is 0 Å². The molecule has 5 nitrogen and oxygen atoms in total. The summed E-state index contributed by atoms with van der Waals surface area (Å²) in [5.74, 6) is -0.707. The largest absolute Gasteiger partial charge is 0.331 e. The number of rotatable bonds is 2. The molecule has 1 aliphatic heterocycles. The molecule has 0 bridgehead atoms. The van der Waals surface area contributed by atoms with Gasteiger partial charge in [0.05, 0.1) is 11.4 Å². The van der Waals surface area contributed by atoms with Crippen molar-refractivity contribution in [1.82, 2.24) is 4.90 Å². The fraction of sp³-hybridized carbons (Fsp3) is 0.364. The second-order valence-corrected chi connectivity index (χ2v) is 7.13. The van der Waals surface area contributed by atoms with Gasteiger partial charge in [0.15, 0.2) is 0 Å². The average molecular weight is 304 g/mol. The number of primary sulfonamides is 1. The van der Waals surface area contributed by atoms with E-state index in [1.165, 1.54) is 17.0 Å². The molecular formula is C11H13FN2O3S2. The number of hydrogen-bond donors (Lipinski definition) is 1. The predicted molar refractivity (Wildman–Crippen MR) is 70.1 cm³/mol. The number of amides is 1. The van der Waals surface area contributed by atoms with E-state index in [4.69, 9.17) is 5.14 Å². The summed E-state index contributed by atoms with van der Waals surface area (Å²) in [7, 11) is -3.82. The first-order valence-electron chi connectivity index (χ1n) is 5.56. The van der Waals surface area contributed by atoms with Crippen LogP contribution in [0.4, 0.5) is 4.39 Å². The molecule has 2 heterocycles. The molecule has 1 amide bonds. The van der Waals surface area contributed by atoms with E-state index in [1.54, 1.807) is 6.92 Å². The average Bonchev–Trinajstić information content (AvgIpc) is 2.70. The Kier molecular flexibility index (Phi) is 3.75. The van der Waals surface area contributed by atoms with E-state index in [1.807, 2.05) is 0 Å². The molecule has 8 heteroatoms. The molecule has 19 heavy (non-hydrogen) atoms. The highest BCUT2D eigenvalue weighted by molar-refractivity contribution is 7.91. The summed E-state index contributed by atoms with van der Waals surface area (Å²) in [5.41, 5.74) is 0.536. The number of halogens is 1. The summed E-state index contributed by atoms with van der Waals surface area (Å²) in [6, 6.07) is 1.36. The van der Waals surface area contributed by atoms with Crippen molar-refractivity contribution < 1.29 is 17.6 Å². The molecule has 2 N–H and O–H groups in total. The summed E-state index contributed by atoms with van der Waals surface area (Å²) in [6.45, 7) is 1.99. The lowest BCUT2D eigenvalue weighted by atomic mass is 10.2. The SMILES string of the molecule is Cc1cc(S(N)(=O)=O)sc1C(=O)N1CCC=C(F)C1. The van der Waals surface area contributed by atoms with Gasteiger partial charge in [-0.3, -0.25) is 4.79 Å². The van der Waals surface area contributed by atoms with Gasteiger partial charge >= 0.3 is 0 Å². The third kappa shape index (κ3) is 3.02. The lowest BCUT2D eigenvalue weighted by Crippen LogP contribution is -2.35. The predicted octanol–water partition coefficient (Wildman–Crippen LogP) is 1.40. The molecule has 0 fully saturated rings. The van der Waals surface area contributed by atoms with Gasteiger partial charge in [0.25, 0.3) is 5.91 Å². The fourth-order valence-corrected chi connectivity index (χ4v) is 3.75. The first-order chi connectivity index (χ1) is 8.79. The third-order valence-corrected chi connectivity index (χ3v) is 5.41. The Morgan fingerprint density at radius 1 is 1.53 bits per heavy atom. The summed E-state index contributed by atoms with van der Waals surface area (Å²) in [5, 5.41) is 5.03. The van der Waals surface area contributed by atoms with Crippen LogP contribution in [0.25, 0.3) is 0 Å². The summed E-state index contributed by atoms with van der Waals surface area (Å²) in [4.78, 5) is 13.9.